The van der Waals surface area contributed by atoms with Crippen LogP contribution >= 0.6 is 0 Å². The fourth-order valence-corrected chi connectivity index (χ4v) is 2.79. The molecular weight excluding hydrogens is 332 g/mol. The number of phenolic OH excluding ortho intramolecular Hbond substituents is 1. The van der Waals surface area contributed by atoms with Gasteiger partial charge < -0.3 is 20.6 Å². The Morgan fingerprint density at radius 3 is 2.92 bits per heavy atom. The maximum Gasteiger partial charge on any atom is 0.254 e. The number of benzene rings is 2. The van der Waals surface area contributed by atoms with Crippen LogP contribution in [0.2, 0.25) is 0 Å². The van der Waals surface area contributed by atoms with Crippen LogP contribution in [0.1, 0.15) is 15.9 Å². The second-order valence-electron chi connectivity index (χ2n) is 5.94. The molecule has 3 N–H and O–H groups in total. The molecule has 3 rings (SSSR count). The van der Waals surface area contributed by atoms with Crippen molar-refractivity contribution < 1.29 is 14.7 Å². The summed E-state index contributed by atoms with van der Waals surface area (Å²) in [5, 5.41) is 15.6. The Labute approximate surface area is 151 Å². The lowest BCUT2D eigenvalue weighted by Gasteiger charge is -2.26. The summed E-state index contributed by atoms with van der Waals surface area (Å²) in [6, 6.07) is 12.0. The lowest BCUT2D eigenvalue weighted by Crippen LogP contribution is -2.49. The molecule has 2 aromatic rings. The Morgan fingerprint density at radius 2 is 2.15 bits per heavy atom. The lowest BCUT2D eigenvalue weighted by molar-refractivity contribution is -0.123. The summed E-state index contributed by atoms with van der Waals surface area (Å²) >= 11 is 0. The molecule has 0 unspecified atom stereocenters. The third-order valence-corrected chi connectivity index (χ3v) is 4.02. The minimum atomic E-state index is -0.176. The topological polar surface area (TPSA) is 94.0 Å². The first-order valence-electron chi connectivity index (χ1n) is 8.25. The van der Waals surface area contributed by atoms with Crippen LogP contribution in [0.4, 0.5) is 11.4 Å². The van der Waals surface area contributed by atoms with Crippen LogP contribution < -0.4 is 10.6 Å². The lowest BCUT2D eigenvalue weighted by atomic mass is 10.1. The molecule has 1 saturated heterocycles. The Bertz CT molecular complexity index is 864. The van der Waals surface area contributed by atoms with Gasteiger partial charge >= 0.3 is 0 Å². The first-order valence-corrected chi connectivity index (χ1v) is 8.25. The van der Waals surface area contributed by atoms with Gasteiger partial charge in [-0.2, -0.15) is 0 Å². The van der Waals surface area contributed by atoms with Crippen LogP contribution in [-0.2, 0) is 4.79 Å². The Kier molecular flexibility index (Phi) is 5.17. The maximum absolute atomic E-state index is 12.6. The average Bonchev–Trinajstić information content (AvgIpc) is 2.64. The van der Waals surface area contributed by atoms with E-state index in [1.165, 1.54) is 4.90 Å². The normalized spacial score (nSPS) is 14.3. The number of phenols is 1. The second kappa shape index (κ2) is 7.69. The average molecular weight is 352 g/mol. The van der Waals surface area contributed by atoms with Crippen molar-refractivity contribution in [1.82, 2.24) is 10.2 Å². The van der Waals surface area contributed by atoms with E-state index < -0.39 is 0 Å². The predicted molar refractivity (Wildman–Crippen MR) is 100 cm³/mol. The number of hydrogen-bond donors (Lipinski definition) is 3. The number of nitrogens with zero attached hydrogens (tertiary/aromatic N) is 2. The minimum Gasteiger partial charge on any atom is -0.508 e. The highest BCUT2D eigenvalue weighted by atomic mass is 16.3. The van der Waals surface area contributed by atoms with Gasteiger partial charge in [-0.15, -0.1) is 0 Å². The van der Waals surface area contributed by atoms with E-state index >= 15 is 0 Å². The number of carbonyl (C=O) groups excluding carboxylic acids is 2. The van der Waals surface area contributed by atoms with Crippen LogP contribution in [0.15, 0.2) is 47.5 Å². The van der Waals surface area contributed by atoms with E-state index in [1.807, 2.05) is 6.07 Å². The van der Waals surface area contributed by atoms with Crippen molar-refractivity contribution in [1.29, 1.82) is 0 Å². The monoisotopic (exact) mass is 352 g/mol. The summed E-state index contributed by atoms with van der Waals surface area (Å²) in [5.74, 6) is -0.172. The van der Waals surface area contributed by atoms with Crippen LogP contribution in [0, 0.1) is 0 Å². The number of piperazine rings is 1. The SMILES string of the molecule is CN=Cc1cc(O)ccc1Nc1cccc(C(=O)N2CCNC(=O)C2)c1. The molecule has 134 valence electrons. The summed E-state index contributed by atoms with van der Waals surface area (Å²) in [5.41, 5.74) is 2.73. The first-order chi connectivity index (χ1) is 12.6. The van der Waals surface area contributed by atoms with Crippen molar-refractivity contribution in [3.8, 4) is 5.75 Å². The van der Waals surface area contributed by atoms with Gasteiger partial charge in [-0.05, 0) is 36.4 Å². The van der Waals surface area contributed by atoms with Crippen molar-refractivity contribution >= 4 is 29.4 Å². The van der Waals surface area contributed by atoms with Crippen LogP contribution in [0.3, 0.4) is 0 Å². The number of amides is 2. The summed E-state index contributed by atoms with van der Waals surface area (Å²) < 4.78 is 0. The predicted octanol–water partition coefficient (Wildman–Crippen LogP) is 1.76. The number of hydrogen-bond acceptors (Lipinski definition) is 5. The quantitative estimate of drug-likeness (QED) is 0.577. The number of aliphatic imine (C=N–C) groups is 1. The van der Waals surface area contributed by atoms with E-state index in [1.54, 1.807) is 49.7 Å². The molecule has 0 aromatic heterocycles. The van der Waals surface area contributed by atoms with Crippen molar-refractivity contribution in [2.45, 2.75) is 0 Å². The third kappa shape index (κ3) is 4.00. The molecule has 0 atom stereocenters. The number of nitrogens with one attached hydrogen (secondary N) is 2. The zero-order valence-corrected chi connectivity index (χ0v) is 14.4. The smallest absolute Gasteiger partial charge is 0.254 e. The molecule has 0 spiro atoms. The van der Waals surface area contributed by atoms with Gasteiger partial charge in [0.05, 0.1) is 6.54 Å². The largest absolute Gasteiger partial charge is 0.508 e. The molecular formula is C19H20N4O3. The molecule has 0 bridgehead atoms. The molecule has 0 saturated carbocycles. The van der Waals surface area contributed by atoms with Gasteiger partial charge in [0.2, 0.25) is 5.91 Å². The number of rotatable bonds is 4. The highest BCUT2D eigenvalue weighted by molar-refractivity contribution is 5.98. The van der Waals surface area contributed by atoms with Crippen LogP contribution in [0.25, 0.3) is 0 Å². The van der Waals surface area contributed by atoms with E-state index in [0.717, 1.165) is 16.9 Å². The van der Waals surface area contributed by atoms with Crippen LogP contribution in [0.5, 0.6) is 5.75 Å². The fourth-order valence-electron chi connectivity index (χ4n) is 2.79. The van der Waals surface area contributed by atoms with Gasteiger partial charge in [-0.25, -0.2) is 0 Å². The molecule has 7 nitrogen and oxygen atoms in total. The van der Waals surface area contributed by atoms with E-state index in [0.29, 0.717) is 18.7 Å². The Morgan fingerprint density at radius 1 is 1.31 bits per heavy atom. The fraction of sp³-hybridized carbons (Fsp3) is 0.211. The molecule has 2 amide bonds. The summed E-state index contributed by atoms with van der Waals surface area (Å²) in [6.45, 7) is 1.04. The maximum atomic E-state index is 12.6. The zero-order chi connectivity index (χ0) is 18.5. The molecule has 0 radical (unpaired) electrons. The van der Waals surface area contributed by atoms with Crippen molar-refractivity contribution in [2.24, 2.45) is 4.99 Å². The first kappa shape index (κ1) is 17.5. The molecule has 1 aliphatic rings. The number of carbonyl (C=O) groups is 2. The number of anilines is 2. The molecule has 7 heteroatoms. The third-order valence-electron chi connectivity index (χ3n) is 4.02. The van der Waals surface area contributed by atoms with E-state index in [-0.39, 0.29) is 24.1 Å². The van der Waals surface area contributed by atoms with Crippen molar-refractivity contribution in [2.75, 3.05) is 32.0 Å². The summed E-state index contributed by atoms with van der Waals surface area (Å²) in [6.07, 6.45) is 1.64. The van der Waals surface area contributed by atoms with E-state index in [2.05, 4.69) is 15.6 Å². The van der Waals surface area contributed by atoms with E-state index in [9.17, 15) is 14.7 Å². The molecule has 26 heavy (non-hydrogen) atoms. The standard InChI is InChI=1S/C19H20N4O3/c1-20-11-14-10-16(24)5-6-17(14)22-15-4-2-3-13(9-15)19(26)23-8-7-21-18(25)12-23/h2-6,9-11,22,24H,7-8,12H2,1H3,(H,21,25). The molecule has 0 aliphatic carbocycles. The summed E-state index contributed by atoms with van der Waals surface area (Å²) in [7, 11) is 1.65. The van der Waals surface area contributed by atoms with Gasteiger partial charge in [0.15, 0.2) is 0 Å². The van der Waals surface area contributed by atoms with Crippen molar-refractivity contribution in [3.05, 3.63) is 53.6 Å². The molecule has 2 aromatic carbocycles. The number of aromatic hydroxyl groups is 1. The van der Waals surface area contributed by atoms with Gasteiger partial charge in [0, 0.05) is 48.9 Å². The zero-order valence-electron chi connectivity index (χ0n) is 14.4. The summed E-state index contributed by atoms with van der Waals surface area (Å²) in [4.78, 5) is 29.6. The molecule has 1 aliphatic heterocycles. The van der Waals surface area contributed by atoms with Crippen LogP contribution in [-0.4, -0.2) is 54.7 Å². The Hall–Kier alpha value is -3.35. The Balaban J connectivity index is 1.82. The van der Waals surface area contributed by atoms with Gasteiger partial charge in [0.1, 0.15) is 5.75 Å². The van der Waals surface area contributed by atoms with E-state index in [4.69, 9.17) is 0 Å². The van der Waals surface area contributed by atoms with Gasteiger partial charge in [-0.3, -0.25) is 14.6 Å². The highest BCUT2D eigenvalue weighted by Gasteiger charge is 2.22. The minimum absolute atomic E-state index is 0.0750. The highest BCUT2D eigenvalue weighted by Crippen LogP contribution is 2.24. The van der Waals surface area contributed by atoms with Crippen molar-refractivity contribution in [3.63, 3.8) is 0 Å². The second-order valence-corrected chi connectivity index (χ2v) is 5.94. The molecule has 1 fully saturated rings. The molecule has 1 heterocycles. The van der Waals surface area contributed by atoms with Gasteiger partial charge in [-0.1, -0.05) is 6.07 Å². The van der Waals surface area contributed by atoms with Gasteiger partial charge in [0.25, 0.3) is 5.91 Å².